The van der Waals surface area contributed by atoms with Gasteiger partial charge in [0, 0.05) is 5.56 Å². The molecule has 80 valence electrons. The number of benzene rings is 1. The summed E-state index contributed by atoms with van der Waals surface area (Å²) >= 11 is 5.51. The first-order valence-electron chi connectivity index (χ1n) is 4.59. The Balaban J connectivity index is 2.24. The largest absolute Gasteiger partial charge is 0.483 e. The summed E-state index contributed by atoms with van der Waals surface area (Å²) in [6.45, 7) is 0. The van der Waals surface area contributed by atoms with Crippen LogP contribution in [0.15, 0.2) is 24.3 Å². The average molecular weight is 229 g/mol. The SMILES string of the molecule is OC(CCl)[C@@H]1C=Cc2cc(F)ccc2O1. The molecule has 1 aliphatic rings. The molecule has 0 bridgehead atoms. The molecule has 2 atom stereocenters. The van der Waals surface area contributed by atoms with Gasteiger partial charge in [-0.05, 0) is 24.3 Å². The van der Waals surface area contributed by atoms with Crippen molar-refractivity contribution in [2.45, 2.75) is 12.2 Å². The van der Waals surface area contributed by atoms with Crippen molar-refractivity contribution in [3.05, 3.63) is 35.7 Å². The Morgan fingerprint density at radius 2 is 2.33 bits per heavy atom. The van der Waals surface area contributed by atoms with Crippen LogP contribution in [0.2, 0.25) is 0 Å². The second-order valence-corrected chi connectivity index (χ2v) is 3.65. The number of hydrogen-bond acceptors (Lipinski definition) is 2. The second kappa shape index (κ2) is 4.21. The Labute approximate surface area is 91.9 Å². The first-order chi connectivity index (χ1) is 7.20. The summed E-state index contributed by atoms with van der Waals surface area (Å²) in [4.78, 5) is 0. The van der Waals surface area contributed by atoms with Gasteiger partial charge in [-0.15, -0.1) is 11.6 Å². The van der Waals surface area contributed by atoms with E-state index in [9.17, 15) is 9.50 Å². The highest BCUT2D eigenvalue weighted by atomic mass is 35.5. The third-order valence-corrected chi connectivity index (χ3v) is 2.55. The van der Waals surface area contributed by atoms with Crippen molar-refractivity contribution in [3.8, 4) is 5.75 Å². The van der Waals surface area contributed by atoms with Gasteiger partial charge in [-0.25, -0.2) is 4.39 Å². The lowest BCUT2D eigenvalue weighted by Gasteiger charge is -2.24. The number of alkyl halides is 1. The highest BCUT2D eigenvalue weighted by molar-refractivity contribution is 6.18. The van der Waals surface area contributed by atoms with E-state index in [0.29, 0.717) is 11.3 Å². The third-order valence-electron chi connectivity index (χ3n) is 2.24. The maximum atomic E-state index is 12.9. The van der Waals surface area contributed by atoms with Gasteiger partial charge in [0.1, 0.15) is 23.8 Å². The number of rotatable bonds is 2. The molecule has 0 radical (unpaired) electrons. The summed E-state index contributed by atoms with van der Waals surface area (Å²) in [5.41, 5.74) is 0.674. The van der Waals surface area contributed by atoms with Gasteiger partial charge in [0.2, 0.25) is 0 Å². The van der Waals surface area contributed by atoms with Crippen LogP contribution in [0.3, 0.4) is 0 Å². The van der Waals surface area contributed by atoms with E-state index in [1.807, 2.05) is 0 Å². The van der Waals surface area contributed by atoms with E-state index in [1.54, 1.807) is 18.2 Å². The Morgan fingerprint density at radius 1 is 1.53 bits per heavy atom. The predicted molar refractivity (Wildman–Crippen MR) is 56.6 cm³/mol. The van der Waals surface area contributed by atoms with E-state index in [1.165, 1.54) is 12.1 Å². The smallest absolute Gasteiger partial charge is 0.144 e. The Kier molecular flexibility index (Phi) is 2.93. The fourth-order valence-electron chi connectivity index (χ4n) is 1.44. The molecule has 4 heteroatoms. The van der Waals surface area contributed by atoms with Crippen molar-refractivity contribution in [2.75, 3.05) is 5.88 Å². The quantitative estimate of drug-likeness (QED) is 0.787. The van der Waals surface area contributed by atoms with Crippen LogP contribution in [0.25, 0.3) is 6.08 Å². The van der Waals surface area contributed by atoms with Crippen molar-refractivity contribution in [1.82, 2.24) is 0 Å². The lowest BCUT2D eigenvalue weighted by molar-refractivity contribution is 0.0786. The number of hydrogen-bond donors (Lipinski definition) is 1. The highest BCUT2D eigenvalue weighted by Crippen LogP contribution is 2.27. The number of halogens is 2. The van der Waals surface area contributed by atoms with Gasteiger partial charge in [-0.1, -0.05) is 6.08 Å². The zero-order chi connectivity index (χ0) is 10.8. The first kappa shape index (κ1) is 10.5. The Hall–Kier alpha value is -1.06. The Morgan fingerprint density at radius 3 is 3.07 bits per heavy atom. The molecule has 0 fully saturated rings. The predicted octanol–water partition coefficient (Wildman–Crippen LogP) is 2.20. The van der Waals surface area contributed by atoms with Gasteiger partial charge >= 0.3 is 0 Å². The first-order valence-corrected chi connectivity index (χ1v) is 5.12. The molecule has 1 aromatic carbocycles. The third kappa shape index (κ3) is 2.13. The van der Waals surface area contributed by atoms with Crippen LogP contribution < -0.4 is 4.74 Å². The standard InChI is InChI=1S/C11H10ClFO2/c12-6-9(14)11-3-1-7-5-8(13)2-4-10(7)15-11/h1-5,9,11,14H,6H2/t9?,11-/m0/s1. The number of fused-ring (bicyclic) bond motifs is 1. The van der Waals surface area contributed by atoms with Gasteiger partial charge in [0.05, 0.1) is 5.88 Å². The summed E-state index contributed by atoms with van der Waals surface area (Å²) in [7, 11) is 0. The van der Waals surface area contributed by atoms with Crippen LogP contribution in [-0.4, -0.2) is 23.2 Å². The molecular formula is C11H10ClFO2. The van der Waals surface area contributed by atoms with E-state index < -0.39 is 12.2 Å². The van der Waals surface area contributed by atoms with Gasteiger partial charge in [0.25, 0.3) is 0 Å². The lowest BCUT2D eigenvalue weighted by atomic mass is 10.1. The zero-order valence-electron chi connectivity index (χ0n) is 7.86. The molecule has 2 nitrogen and oxygen atoms in total. The topological polar surface area (TPSA) is 29.5 Å². The van der Waals surface area contributed by atoms with Gasteiger partial charge in [-0.2, -0.15) is 0 Å². The molecule has 0 aliphatic carbocycles. The van der Waals surface area contributed by atoms with Gasteiger partial charge in [-0.3, -0.25) is 0 Å². The highest BCUT2D eigenvalue weighted by Gasteiger charge is 2.21. The van der Waals surface area contributed by atoms with E-state index in [2.05, 4.69) is 0 Å². The molecule has 1 heterocycles. The van der Waals surface area contributed by atoms with Gasteiger partial charge in [0.15, 0.2) is 0 Å². The van der Waals surface area contributed by atoms with Crippen molar-refractivity contribution >= 4 is 17.7 Å². The lowest BCUT2D eigenvalue weighted by Crippen LogP contribution is -2.32. The molecular weight excluding hydrogens is 219 g/mol. The van der Waals surface area contributed by atoms with Crippen LogP contribution in [0.4, 0.5) is 4.39 Å². The van der Waals surface area contributed by atoms with Crippen molar-refractivity contribution in [3.63, 3.8) is 0 Å². The summed E-state index contributed by atoms with van der Waals surface area (Å²) < 4.78 is 18.3. The monoisotopic (exact) mass is 228 g/mol. The fraction of sp³-hybridized carbons (Fsp3) is 0.273. The molecule has 1 aromatic rings. The summed E-state index contributed by atoms with van der Waals surface area (Å²) in [6.07, 6.45) is 2.19. The second-order valence-electron chi connectivity index (χ2n) is 3.35. The molecule has 2 rings (SSSR count). The van der Waals surface area contributed by atoms with Gasteiger partial charge < -0.3 is 9.84 Å². The van der Waals surface area contributed by atoms with E-state index in [4.69, 9.17) is 16.3 Å². The number of ether oxygens (including phenoxy) is 1. The number of aliphatic hydroxyl groups is 1. The van der Waals surface area contributed by atoms with E-state index >= 15 is 0 Å². The maximum absolute atomic E-state index is 12.9. The molecule has 0 aromatic heterocycles. The van der Waals surface area contributed by atoms with Crippen molar-refractivity contribution in [2.24, 2.45) is 0 Å². The number of aliphatic hydroxyl groups excluding tert-OH is 1. The van der Waals surface area contributed by atoms with Crippen LogP contribution in [-0.2, 0) is 0 Å². The minimum atomic E-state index is -0.749. The maximum Gasteiger partial charge on any atom is 0.144 e. The normalized spacial score (nSPS) is 20.6. The molecule has 1 N–H and O–H groups in total. The van der Waals surface area contributed by atoms with Crippen LogP contribution in [0, 0.1) is 5.82 Å². The minimum absolute atomic E-state index is 0.103. The summed E-state index contributed by atoms with van der Waals surface area (Å²) in [5.74, 6) is 0.359. The van der Waals surface area contributed by atoms with Crippen molar-refractivity contribution in [1.29, 1.82) is 0 Å². The van der Waals surface area contributed by atoms with Crippen LogP contribution >= 0.6 is 11.6 Å². The molecule has 0 amide bonds. The van der Waals surface area contributed by atoms with Crippen molar-refractivity contribution < 1.29 is 14.2 Å². The molecule has 0 saturated carbocycles. The Bertz CT molecular complexity index is 392. The average Bonchev–Trinajstić information content (AvgIpc) is 2.27. The molecule has 15 heavy (non-hydrogen) atoms. The molecule has 1 unspecified atom stereocenters. The molecule has 0 saturated heterocycles. The molecule has 0 spiro atoms. The molecule has 1 aliphatic heterocycles. The van der Waals surface area contributed by atoms with E-state index in [0.717, 1.165) is 0 Å². The minimum Gasteiger partial charge on any atom is -0.483 e. The summed E-state index contributed by atoms with van der Waals surface area (Å²) in [5, 5.41) is 9.48. The van der Waals surface area contributed by atoms with E-state index in [-0.39, 0.29) is 11.7 Å². The fourth-order valence-corrected chi connectivity index (χ4v) is 1.61. The van der Waals surface area contributed by atoms with Crippen LogP contribution in [0.5, 0.6) is 5.75 Å². The zero-order valence-corrected chi connectivity index (χ0v) is 8.62. The summed E-state index contributed by atoms with van der Waals surface area (Å²) in [6, 6.07) is 4.25. The van der Waals surface area contributed by atoms with Crippen LogP contribution in [0.1, 0.15) is 5.56 Å².